The van der Waals surface area contributed by atoms with Crippen molar-refractivity contribution in [3.63, 3.8) is 0 Å². The molecule has 1 aliphatic heterocycles. The summed E-state index contributed by atoms with van der Waals surface area (Å²) in [5.41, 5.74) is 1.76. The van der Waals surface area contributed by atoms with Crippen LogP contribution in [-0.2, 0) is 9.53 Å². The topological polar surface area (TPSA) is 83.8 Å². The van der Waals surface area contributed by atoms with Crippen LogP contribution in [0.15, 0.2) is 29.7 Å². The van der Waals surface area contributed by atoms with Crippen LogP contribution in [0.5, 0.6) is 0 Å². The number of hydrogen-bond acceptors (Lipinski definition) is 3. The van der Waals surface area contributed by atoms with Gasteiger partial charge in [0.2, 0.25) is 5.76 Å². The highest BCUT2D eigenvalue weighted by atomic mass is 19.1. The molecule has 7 heteroatoms. The first-order valence-corrected chi connectivity index (χ1v) is 9.68. The number of halogens is 1. The normalized spacial score (nSPS) is 18.8. The second-order valence-corrected chi connectivity index (χ2v) is 7.23. The number of nitrogens with two attached hydrogens (primary N) is 2. The number of allylic oxidation sites excluding steroid dienone is 1. The number of ether oxygens (including phenoxy) is 1. The zero-order valence-electron chi connectivity index (χ0n) is 15.8. The van der Waals surface area contributed by atoms with Gasteiger partial charge in [-0.3, -0.25) is 10.2 Å². The first kappa shape index (κ1) is 19.4. The molecule has 1 heterocycles. The summed E-state index contributed by atoms with van der Waals surface area (Å²) in [6.07, 6.45) is 5.53. The average Bonchev–Trinajstić information content (AvgIpc) is 3.15. The lowest BCUT2D eigenvalue weighted by molar-refractivity contribution is -0.662. The molecule has 1 aromatic rings. The predicted molar refractivity (Wildman–Crippen MR) is 101 cm³/mol. The average molecular weight is 376 g/mol. The molecule has 5 N–H and O–H groups in total. The molecule has 0 aromatic heterocycles. The lowest BCUT2D eigenvalue weighted by Gasteiger charge is -2.28. The van der Waals surface area contributed by atoms with Crippen molar-refractivity contribution in [3.05, 3.63) is 41.0 Å². The Labute approximate surface area is 159 Å². The van der Waals surface area contributed by atoms with E-state index in [0.29, 0.717) is 11.4 Å². The monoisotopic (exact) mass is 376 g/mol. The summed E-state index contributed by atoms with van der Waals surface area (Å²) >= 11 is 0. The molecule has 0 radical (unpaired) electrons. The molecule has 0 bridgehead atoms. The van der Waals surface area contributed by atoms with Crippen LogP contribution in [0.4, 0.5) is 10.1 Å². The van der Waals surface area contributed by atoms with Gasteiger partial charge in [-0.15, -0.1) is 0 Å². The maximum atomic E-state index is 13.7. The van der Waals surface area contributed by atoms with Crippen LogP contribution in [0.1, 0.15) is 31.2 Å². The fourth-order valence-electron chi connectivity index (χ4n) is 3.72. The van der Waals surface area contributed by atoms with Crippen LogP contribution >= 0.6 is 0 Å². The summed E-state index contributed by atoms with van der Waals surface area (Å²) < 4.78 is 19.8. The third-order valence-electron chi connectivity index (χ3n) is 5.03. The Morgan fingerprint density at radius 2 is 2.00 bits per heavy atom. The lowest BCUT2D eigenvalue weighted by atomic mass is 10.2. The largest absolute Gasteiger partial charge is 0.483 e. The van der Waals surface area contributed by atoms with Crippen molar-refractivity contribution < 1.29 is 24.6 Å². The van der Waals surface area contributed by atoms with Crippen molar-refractivity contribution in [2.45, 2.75) is 38.7 Å². The van der Waals surface area contributed by atoms with Crippen molar-refractivity contribution in [2.24, 2.45) is 0 Å². The Bertz CT molecular complexity index is 702. The quantitative estimate of drug-likeness (QED) is 0.370. The number of nitrogens with one attached hydrogen (secondary N) is 1. The Morgan fingerprint density at radius 3 is 2.63 bits per heavy atom. The number of aryl methyl sites for hydroxylation is 1. The summed E-state index contributed by atoms with van der Waals surface area (Å²) in [7, 11) is 0. The number of piperazine rings is 1. The van der Waals surface area contributed by atoms with Gasteiger partial charge in [0.05, 0.1) is 32.3 Å². The number of quaternary nitrogens is 1. The molecule has 2 aliphatic rings. The van der Waals surface area contributed by atoms with E-state index in [9.17, 15) is 9.18 Å². The molecule has 0 atom stereocenters. The van der Waals surface area contributed by atoms with Gasteiger partial charge in [0.1, 0.15) is 11.5 Å². The van der Waals surface area contributed by atoms with Gasteiger partial charge in [0.25, 0.3) is 5.91 Å². The van der Waals surface area contributed by atoms with Gasteiger partial charge in [-0.25, -0.2) is 4.39 Å². The highest BCUT2D eigenvalue weighted by molar-refractivity contribution is 6.05. The summed E-state index contributed by atoms with van der Waals surface area (Å²) in [6.45, 7) is 5.27. The fraction of sp³-hybridized carbons (Fsp3) is 0.500. The van der Waals surface area contributed by atoms with Crippen LogP contribution in [0.25, 0.3) is 0 Å². The third kappa shape index (κ3) is 5.07. The second kappa shape index (κ2) is 8.99. The molecule has 1 saturated heterocycles. The molecule has 2 fully saturated rings. The van der Waals surface area contributed by atoms with E-state index in [2.05, 4.69) is 15.5 Å². The number of benzene rings is 1. The Hall–Kier alpha value is -2.41. The molecule has 27 heavy (non-hydrogen) atoms. The molecule has 1 amide bonds. The number of carbonyl (C=O) groups is 1. The minimum Gasteiger partial charge on any atom is -0.483 e. The van der Waals surface area contributed by atoms with Gasteiger partial charge in [0, 0.05) is 5.69 Å². The molecular formula is C20H29FN4O2+2. The Kier molecular flexibility index (Phi) is 6.45. The van der Waals surface area contributed by atoms with Crippen molar-refractivity contribution in [1.82, 2.24) is 4.90 Å². The van der Waals surface area contributed by atoms with Crippen molar-refractivity contribution in [3.8, 4) is 0 Å². The third-order valence-corrected chi connectivity index (χ3v) is 5.03. The smallest absolute Gasteiger partial charge is 0.293 e. The standard InChI is InChI=1S/C20H27FN4O2/c1-14-10-15(21)12-16(11-14)24-20(26)19(27-17-4-2-3-5-17)18(13-22)25-8-6-23-7-9-25/h10-13,17,22-23H,2-9H2,1H3,(H,24,26)/p+2/b19-18-,22-13?. The zero-order valence-corrected chi connectivity index (χ0v) is 15.8. The Balaban J connectivity index is 1.88. The second-order valence-electron chi connectivity index (χ2n) is 7.23. The fourth-order valence-corrected chi connectivity index (χ4v) is 3.72. The van der Waals surface area contributed by atoms with Crippen LogP contribution in [0, 0.1) is 12.7 Å². The number of rotatable bonds is 6. The molecule has 6 nitrogen and oxygen atoms in total. The van der Waals surface area contributed by atoms with Crippen molar-refractivity contribution >= 4 is 17.8 Å². The number of nitrogens with zero attached hydrogens (tertiary/aromatic N) is 1. The van der Waals surface area contributed by atoms with Gasteiger partial charge < -0.3 is 20.3 Å². The minimum absolute atomic E-state index is 0.0197. The van der Waals surface area contributed by atoms with Gasteiger partial charge in [-0.1, -0.05) is 0 Å². The van der Waals surface area contributed by atoms with Gasteiger partial charge >= 0.3 is 0 Å². The van der Waals surface area contributed by atoms with E-state index in [-0.39, 0.29) is 17.7 Å². The van der Waals surface area contributed by atoms with Crippen molar-refractivity contribution in [1.29, 1.82) is 0 Å². The van der Waals surface area contributed by atoms with E-state index in [4.69, 9.17) is 10.1 Å². The first-order chi connectivity index (χ1) is 13.1. The Morgan fingerprint density at radius 1 is 1.30 bits per heavy atom. The molecule has 0 spiro atoms. The van der Waals surface area contributed by atoms with Gasteiger partial charge in [-0.05, 0) is 56.4 Å². The lowest BCUT2D eigenvalue weighted by Crippen LogP contribution is -2.89. The van der Waals surface area contributed by atoms with Crippen molar-refractivity contribution in [2.75, 3.05) is 31.5 Å². The van der Waals surface area contributed by atoms with E-state index < -0.39 is 5.91 Å². The maximum Gasteiger partial charge on any atom is 0.293 e. The first-order valence-electron chi connectivity index (χ1n) is 9.68. The van der Waals surface area contributed by atoms with E-state index in [1.807, 2.05) is 0 Å². The molecule has 3 rings (SSSR count). The molecule has 0 unspecified atom stereocenters. The summed E-state index contributed by atoms with van der Waals surface area (Å²) in [4.78, 5) is 15.1. The van der Waals surface area contributed by atoms with E-state index >= 15 is 0 Å². The number of carbonyl (C=O) groups excluding carboxylic acids is 1. The van der Waals surface area contributed by atoms with E-state index in [1.165, 1.54) is 18.3 Å². The molecule has 1 saturated carbocycles. The molecule has 146 valence electrons. The van der Waals surface area contributed by atoms with Gasteiger partial charge in [-0.2, -0.15) is 0 Å². The number of amides is 1. The van der Waals surface area contributed by atoms with Gasteiger partial charge in [0.15, 0.2) is 6.21 Å². The summed E-state index contributed by atoms with van der Waals surface area (Å²) in [5, 5.41) is 10.9. The highest BCUT2D eigenvalue weighted by Crippen LogP contribution is 2.26. The summed E-state index contributed by atoms with van der Waals surface area (Å²) in [5.74, 6) is -0.545. The minimum atomic E-state index is -0.391. The van der Waals surface area contributed by atoms with E-state index in [0.717, 1.165) is 57.4 Å². The molecule has 1 aliphatic carbocycles. The number of anilines is 1. The predicted octanol–water partition coefficient (Wildman–Crippen LogP) is -0.0477. The highest BCUT2D eigenvalue weighted by Gasteiger charge is 2.28. The zero-order chi connectivity index (χ0) is 19.2. The molecule has 1 aromatic carbocycles. The van der Waals surface area contributed by atoms with E-state index in [1.54, 1.807) is 13.0 Å². The van der Waals surface area contributed by atoms with Crippen LogP contribution in [-0.4, -0.2) is 49.3 Å². The van der Waals surface area contributed by atoms with Crippen LogP contribution in [0.2, 0.25) is 0 Å². The number of hydrogen-bond donors (Lipinski definition) is 3. The summed E-state index contributed by atoms with van der Waals surface area (Å²) in [6, 6.07) is 4.46. The molecular weight excluding hydrogens is 347 g/mol. The maximum absolute atomic E-state index is 13.7. The SMILES string of the molecule is Cc1cc(F)cc(NC(=O)/C(OC2CCCC2)=C(\C=[NH2+])N2CC[NH2+]CC2)c1. The van der Waals surface area contributed by atoms with Crippen LogP contribution < -0.4 is 16.0 Å². The van der Waals surface area contributed by atoms with Crippen LogP contribution in [0.3, 0.4) is 0 Å².